The van der Waals surface area contributed by atoms with Crippen molar-refractivity contribution in [3.8, 4) is 0 Å². The van der Waals surface area contributed by atoms with Crippen LogP contribution in [0.1, 0.15) is 32.3 Å². The van der Waals surface area contributed by atoms with Crippen LogP contribution in [0.4, 0.5) is 0 Å². The van der Waals surface area contributed by atoms with Crippen molar-refractivity contribution in [2.75, 3.05) is 6.54 Å². The molecule has 1 atom stereocenters. The zero-order valence-corrected chi connectivity index (χ0v) is 12.5. The number of benzene rings is 1. The maximum Gasteiger partial charge on any atom is 0.0886 e. The molecule has 1 aromatic rings. The summed E-state index contributed by atoms with van der Waals surface area (Å²) in [4.78, 5) is 4.42. The average molecular weight is 271 g/mol. The van der Waals surface area contributed by atoms with Gasteiger partial charge in [-0.05, 0) is 24.5 Å². The van der Waals surface area contributed by atoms with Gasteiger partial charge in [-0.15, -0.1) is 0 Å². The van der Waals surface area contributed by atoms with Crippen LogP contribution in [0.25, 0.3) is 0 Å². The van der Waals surface area contributed by atoms with Crippen LogP contribution in [0.5, 0.6) is 0 Å². The molecule has 0 fully saturated rings. The average Bonchev–Trinajstić information content (AvgIpc) is 2.46. The van der Waals surface area contributed by atoms with E-state index in [1.165, 1.54) is 11.3 Å². The Kier molecular flexibility index (Phi) is 5.81. The first kappa shape index (κ1) is 14.8. The van der Waals surface area contributed by atoms with Crippen LogP contribution in [-0.2, 0) is 6.42 Å². The molecule has 0 saturated carbocycles. The van der Waals surface area contributed by atoms with Crippen molar-refractivity contribution in [3.63, 3.8) is 0 Å². The number of hydrogen-bond donors (Lipinski definition) is 2. The zero-order chi connectivity index (χ0) is 14.2. The second-order valence-electron chi connectivity index (χ2n) is 5.57. The third kappa shape index (κ3) is 5.17. The van der Waals surface area contributed by atoms with Gasteiger partial charge in [0.05, 0.1) is 6.34 Å². The Hall–Kier alpha value is -1.61. The monoisotopic (exact) mass is 271 g/mol. The molecule has 20 heavy (non-hydrogen) atoms. The SMILES string of the molecule is CC(C)NCCC1=CC(CCc2ccccc2)NC=N1. The second-order valence-corrected chi connectivity index (χ2v) is 5.57. The van der Waals surface area contributed by atoms with Gasteiger partial charge in [0.1, 0.15) is 0 Å². The molecule has 1 aliphatic heterocycles. The molecule has 1 unspecified atom stereocenters. The third-order valence-electron chi connectivity index (χ3n) is 3.43. The fourth-order valence-electron chi connectivity index (χ4n) is 2.31. The molecule has 0 aliphatic carbocycles. The van der Waals surface area contributed by atoms with Gasteiger partial charge in [-0.25, -0.2) is 4.99 Å². The summed E-state index contributed by atoms with van der Waals surface area (Å²) in [5.41, 5.74) is 2.59. The highest BCUT2D eigenvalue weighted by atomic mass is 15.0. The summed E-state index contributed by atoms with van der Waals surface area (Å²) in [5, 5.41) is 6.76. The molecule has 0 saturated heterocycles. The Morgan fingerprint density at radius 2 is 2.00 bits per heavy atom. The van der Waals surface area contributed by atoms with E-state index in [1.54, 1.807) is 0 Å². The van der Waals surface area contributed by atoms with E-state index in [9.17, 15) is 0 Å². The molecule has 3 nitrogen and oxygen atoms in total. The van der Waals surface area contributed by atoms with Gasteiger partial charge in [-0.2, -0.15) is 0 Å². The van der Waals surface area contributed by atoms with Crippen LogP contribution in [0.2, 0.25) is 0 Å². The van der Waals surface area contributed by atoms with E-state index in [2.05, 4.69) is 65.9 Å². The summed E-state index contributed by atoms with van der Waals surface area (Å²) in [6.07, 6.45) is 7.32. The molecule has 2 N–H and O–H groups in total. The Labute approximate surface area is 122 Å². The minimum absolute atomic E-state index is 0.404. The molecule has 0 spiro atoms. The van der Waals surface area contributed by atoms with Crippen LogP contribution in [0.15, 0.2) is 47.1 Å². The van der Waals surface area contributed by atoms with Crippen LogP contribution in [0, 0.1) is 0 Å². The van der Waals surface area contributed by atoms with Gasteiger partial charge in [0, 0.05) is 30.7 Å². The summed E-state index contributed by atoms with van der Waals surface area (Å²) < 4.78 is 0. The van der Waals surface area contributed by atoms with Crippen molar-refractivity contribution in [1.82, 2.24) is 10.6 Å². The highest BCUT2D eigenvalue weighted by Crippen LogP contribution is 2.12. The quantitative estimate of drug-likeness (QED) is 0.800. The summed E-state index contributed by atoms with van der Waals surface area (Å²) in [7, 11) is 0. The standard InChI is InChI=1S/C17H25N3/c1-14(2)18-11-10-17-12-16(19-13-20-17)9-8-15-6-4-3-5-7-15/h3-7,12-14,16,18H,8-11H2,1-2H3,(H,19,20). The number of aliphatic imine (C=N–C) groups is 1. The van der Waals surface area contributed by atoms with E-state index in [-0.39, 0.29) is 0 Å². The van der Waals surface area contributed by atoms with Gasteiger partial charge >= 0.3 is 0 Å². The van der Waals surface area contributed by atoms with E-state index in [4.69, 9.17) is 0 Å². The molecule has 2 rings (SSSR count). The molecule has 108 valence electrons. The molecular weight excluding hydrogens is 246 g/mol. The molecular formula is C17H25N3. The molecule has 3 heteroatoms. The molecule has 0 aromatic heterocycles. The predicted octanol–water partition coefficient (Wildman–Crippen LogP) is 2.89. The number of aryl methyl sites for hydroxylation is 1. The Balaban J connectivity index is 1.78. The van der Waals surface area contributed by atoms with Crippen LogP contribution >= 0.6 is 0 Å². The molecule has 1 heterocycles. The van der Waals surface area contributed by atoms with Crippen molar-refractivity contribution in [1.29, 1.82) is 0 Å². The Bertz CT molecular complexity index is 449. The number of nitrogens with zero attached hydrogens (tertiary/aromatic N) is 1. The molecule has 1 aliphatic rings. The molecule has 0 radical (unpaired) electrons. The smallest absolute Gasteiger partial charge is 0.0886 e. The first-order valence-corrected chi connectivity index (χ1v) is 7.50. The van der Waals surface area contributed by atoms with Crippen molar-refractivity contribution in [2.45, 2.75) is 45.2 Å². The van der Waals surface area contributed by atoms with E-state index in [0.717, 1.165) is 25.8 Å². The van der Waals surface area contributed by atoms with Gasteiger partial charge in [0.15, 0.2) is 0 Å². The predicted molar refractivity (Wildman–Crippen MR) is 86.0 cm³/mol. The van der Waals surface area contributed by atoms with E-state index in [1.807, 2.05) is 6.34 Å². The van der Waals surface area contributed by atoms with Gasteiger partial charge in [-0.1, -0.05) is 44.2 Å². The van der Waals surface area contributed by atoms with Crippen LogP contribution in [0.3, 0.4) is 0 Å². The van der Waals surface area contributed by atoms with E-state index in [0.29, 0.717) is 12.1 Å². The number of hydrogen-bond acceptors (Lipinski definition) is 3. The van der Waals surface area contributed by atoms with Crippen LogP contribution < -0.4 is 10.6 Å². The van der Waals surface area contributed by atoms with Crippen molar-refractivity contribution in [3.05, 3.63) is 47.7 Å². The lowest BCUT2D eigenvalue weighted by molar-refractivity contribution is 0.582. The lowest BCUT2D eigenvalue weighted by Gasteiger charge is -2.19. The maximum atomic E-state index is 4.42. The topological polar surface area (TPSA) is 36.4 Å². The van der Waals surface area contributed by atoms with Gasteiger partial charge in [0.2, 0.25) is 0 Å². The lowest BCUT2D eigenvalue weighted by atomic mass is 10.0. The molecule has 0 bridgehead atoms. The van der Waals surface area contributed by atoms with Gasteiger partial charge < -0.3 is 10.6 Å². The normalized spacial score (nSPS) is 17.9. The highest BCUT2D eigenvalue weighted by molar-refractivity contribution is 5.59. The van der Waals surface area contributed by atoms with E-state index >= 15 is 0 Å². The minimum Gasteiger partial charge on any atom is -0.370 e. The maximum absolute atomic E-state index is 4.42. The Morgan fingerprint density at radius 1 is 1.20 bits per heavy atom. The minimum atomic E-state index is 0.404. The summed E-state index contributed by atoms with van der Waals surface area (Å²) in [6, 6.07) is 11.6. The van der Waals surface area contributed by atoms with Gasteiger partial charge in [-0.3, -0.25) is 0 Å². The van der Waals surface area contributed by atoms with Gasteiger partial charge in [0.25, 0.3) is 0 Å². The summed E-state index contributed by atoms with van der Waals surface area (Å²) in [6.45, 7) is 5.33. The van der Waals surface area contributed by atoms with E-state index < -0.39 is 0 Å². The van der Waals surface area contributed by atoms with Crippen LogP contribution in [-0.4, -0.2) is 25.0 Å². The molecule has 1 aromatic carbocycles. The third-order valence-corrected chi connectivity index (χ3v) is 3.43. The lowest BCUT2D eigenvalue weighted by Crippen LogP contribution is -2.30. The first-order valence-electron chi connectivity index (χ1n) is 7.50. The largest absolute Gasteiger partial charge is 0.370 e. The fraction of sp³-hybridized carbons (Fsp3) is 0.471. The number of rotatable bonds is 7. The number of nitrogens with one attached hydrogen (secondary N) is 2. The first-order chi connectivity index (χ1) is 9.74. The summed E-state index contributed by atoms with van der Waals surface area (Å²) in [5.74, 6) is 0. The van der Waals surface area contributed by atoms with Crippen molar-refractivity contribution < 1.29 is 0 Å². The fourth-order valence-corrected chi connectivity index (χ4v) is 2.31. The second kappa shape index (κ2) is 7.85. The highest BCUT2D eigenvalue weighted by Gasteiger charge is 2.09. The van der Waals surface area contributed by atoms with Crippen molar-refractivity contribution >= 4 is 6.34 Å². The zero-order valence-electron chi connectivity index (χ0n) is 12.5. The summed E-state index contributed by atoms with van der Waals surface area (Å²) >= 11 is 0. The molecule has 0 amide bonds. The van der Waals surface area contributed by atoms with Crippen molar-refractivity contribution in [2.24, 2.45) is 4.99 Å². The Morgan fingerprint density at radius 3 is 2.75 bits per heavy atom.